The third-order valence-corrected chi connectivity index (χ3v) is 4.06. The number of nitriles is 1. The zero-order chi connectivity index (χ0) is 14.1. The van der Waals surface area contributed by atoms with Gasteiger partial charge in [0.1, 0.15) is 5.82 Å². The number of aromatic nitrogens is 2. The van der Waals surface area contributed by atoms with Crippen LogP contribution in [0.25, 0.3) is 11.0 Å². The smallest absolute Gasteiger partial charge is 0.115 e. The van der Waals surface area contributed by atoms with Crippen LogP contribution in [-0.4, -0.2) is 22.3 Å². The minimum absolute atomic E-state index is 0.220. The van der Waals surface area contributed by atoms with Crippen molar-refractivity contribution in [2.24, 2.45) is 0 Å². The van der Waals surface area contributed by atoms with E-state index >= 15 is 0 Å². The molecule has 2 unspecified atom stereocenters. The number of aryl methyl sites for hydroxylation is 1. The molecule has 0 amide bonds. The Balaban J connectivity index is 2.14. The Bertz CT molecular complexity index is 668. The van der Waals surface area contributed by atoms with Crippen LogP contribution in [-0.2, 0) is 11.3 Å². The lowest BCUT2D eigenvalue weighted by Gasteiger charge is -2.16. The average molecular weight is 269 g/mol. The van der Waals surface area contributed by atoms with Crippen molar-refractivity contribution < 1.29 is 4.74 Å². The van der Waals surface area contributed by atoms with Crippen molar-refractivity contribution in [1.82, 2.24) is 9.55 Å². The highest BCUT2D eigenvalue weighted by Crippen LogP contribution is 2.33. The number of rotatable bonds is 3. The molecule has 0 saturated carbocycles. The zero-order valence-corrected chi connectivity index (χ0v) is 12.0. The Morgan fingerprint density at radius 3 is 3.00 bits per heavy atom. The summed E-state index contributed by atoms with van der Waals surface area (Å²) in [6.07, 6.45) is 2.32. The second-order valence-corrected chi connectivity index (χ2v) is 5.41. The summed E-state index contributed by atoms with van der Waals surface area (Å²) < 4.78 is 7.99. The van der Waals surface area contributed by atoms with Crippen molar-refractivity contribution in [2.45, 2.75) is 45.3 Å². The molecule has 20 heavy (non-hydrogen) atoms. The quantitative estimate of drug-likeness (QED) is 0.859. The topological polar surface area (TPSA) is 50.8 Å². The fourth-order valence-electron chi connectivity index (χ4n) is 3.03. The van der Waals surface area contributed by atoms with E-state index in [0.717, 1.165) is 42.9 Å². The van der Waals surface area contributed by atoms with Crippen LogP contribution in [0.1, 0.15) is 44.0 Å². The van der Waals surface area contributed by atoms with E-state index in [9.17, 15) is 0 Å². The number of benzene rings is 1. The van der Waals surface area contributed by atoms with Crippen LogP contribution in [0.5, 0.6) is 0 Å². The molecular weight excluding hydrogens is 250 g/mol. The molecule has 1 aliphatic heterocycles. The minimum Gasteiger partial charge on any atom is -0.378 e. The van der Waals surface area contributed by atoms with Crippen molar-refractivity contribution >= 4 is 11.0 Å². The summed E-state index contributed by atoms with van der Waals surface area (Å²) in [5, 5.41) is 9.03. The van der Waals surface area contributed by atoms with Gasteiger partial charge in [0.05, 0.1) is 28.8 Å². The lowest BCUT2D eigenvalue weighted by atomic mass is 10.0. The first-order chi connectivity index (χ1) is 9.74. The summed E-state index contributed by atoms with van der Waals surface area (Å²) in [6.45, 7) is 6.06. The largest absolute Gasteiger partial charge is 0.378 e. The number of nitrogens with zero attached hydrogens (tertiary/aromatic N) is 3. The highest BCUT2D eigenvalue weighted by molar-refractivity contribution is 5.78. The number of hydrogen-bond donors (Lipinski definition) is 0. The van der Waals surface area contributed by atoms with Gasteiger partial charge in [-0.2, -0.15) is 5.26 Å². The lowest BCUT2D eigenvalue weighted by molar-refractivity contribution is 0.117. The molecule has 2 heterocycles. The fourth-order valence-corrected chi connectivity index (χ4v) is 3.03. The van der Waals surface area contributed by atoms with Crippen molar-refractivity contribution in [2.75, 3.05) is 6.61 Å². The van der Waals surface area contributed by atoms with Crippen LogP contribution < -0.4 is 0 Å². The summed E-state index contributed by atoms with van der Waals surface area (Å²) in [6, 6.07) is 7.95. The summed E-state index contributed by atoms with van der Waals surface area (Å²) >= 11 is 0. The Morgan fingerprint density at radius 2 is 2.35 bits per heavy atom. The van der Waals surface area contributed by atoms with Crippen LogP contribution >= 0.6 is 0 Å². The summed E-state index contributed by atoms with van der Waals surface area (Å²) in [7, 11) is 0. The molecule has 1 aliphatic rings. The van der Waals surface area contributed by atoms with E-state index in [1.54, 1.807) is 0 Å². The number of fused-ring (bicyclic) bond motifs is 1. The summed E-state index contributed by atoms with van der Waals surface area (Å²) in [5.74, 6) is 1.47. The SMILES string of the molecule is CCCn1c(C2CCOC2C)nc2cc(C#N)ccc21. The summed E-state index contributed by atoms with van der Waals surface area (Å²) in [5.41, 5.74) is 2.72. The lowest BCUT2D eigenvalue weighted by Crippen LogP contribution is -2.15. The normalized spacial score (nSPS) is 22.2. The Kier molecular flexibility index (Phi) is 3.45. The Labute approximate surface area is 119 Å². The van der Waals surface area contributed by atoms with Gasteiger partial charge in [-0.3, -0.25) is 0 Å². The van der Waals surface area contributed by atoms with Gasteiger partial charge in [0, 0.05) is 19.1 Å². The third-order valence-electron chi connectivity index (χ3n) is 4.06. The molecule has 2 aromatic rings. The summed E-state index contributed by atoms with van der Waals surface area (Å²) in [4.78, 5) is 4.80. The van der Waals surface area contributed by atoms with Gasteiger partial charge in [0.2, 0.25) is 0 Å². The average Bonchev–Trinajstić information content (AvgIpc) is 3.02. The first-order valence-corrected chi connectivity index (χ1v) is 7.26. The monoisotopic (exact) mass is 269 g/mol. The molecule has 3 rings (SSSR count). The first kappa shape index (κ1) is 13.1. The number of hydrogen-bond acceptors (Lipinski definition) is 3. The van der Waals surface area contributed by atoms with Crippen molar-refractivity contribution in [3.05, 3.63) is 29.6 Å². The van der Waals surface area contributed by atoms with E-state index in [2.05, 4.69) is 24.5 Å². The van der Waals surface area contributed by atoms with Crippen molar-refractivity contribution in [3.8, 4) is 6.07 Å². The second kappa shape index (κ2) is 5.26. The molecule has 0 N–H and O–H groups in total. The highest BCUT2D eigenvalue weighted by atomic mass is 16.5. The maximum absolute atomic E-state index is 9.03. The molecule has 104 valence electrons. The predicted molar refractivity (Wildman–Crippen MR) is 77.5 cm³/mol. The molecule has 0 radical (unpaired) electrons. The molecule has 1 aromatic carbocycles. The van der Waals surface area contributed by atoms with Crippen LogP contribution in [0.2, 0.25) is 0 Å². The fraction of sp³-hybridized carbons (Fsp3) is 0.500. The van der Waals surface area contributed by atoms with E-state index in [1.165, 1.54) is 0 Å². The second-order valence-electron chi connectivity index (χ2n) is 5.41. The van der Waals surface area contributed by atoms with E-state index in [0.29, 0.717) is 11.5 Å². The third kappa shape index (κ3) is 2.08. The zero-order valence-electron chi connectivity index (χ0n) is 12.0. The maximum atomic E-state index is 9.03. The van der Waals surface area contributed by atoms with E-state index in [1.807, 2.05) is 18.2 Å². The van der Waals surface area contributed by atoms with Crippen LogP contribution in [0, 0.1) is 11.3 Å². The van der Waals surface area contributed by atoms with Gasteiger partial charge >= 0.3 is 0 Å². The van der Waals surface area contributed by atoms with Crippen LogP contribution in [0.3, 0.4) is 0 Å². The molecule has 0 spiro atoms. The van der Waals surface area contributed by atoms with Gasteiger partial charge < -0.3 is 9.30 Å². The minimum atomic E-state index is 0.220. The van der Waals surface area contributed by atoms with E-state index < -0.39 is 0 Å². The molecule has 1 saturated heterocycles. The maximum Gasteiger partial charge on any atom is 0.115 e. The predicted octanol–water partition coefficient (Wildman–Crippen LogP) is 3.21. The van der Waals surface area contributed by atoms with Gasteiger partial charge in [-0.1, -0.05) is 6.92 Å². The number of imidazole rings is 1. The standard InChI is InChI=1S/C16H19N3O/c1-3-7-19-15-5-4-12(10-17)9-14(15)18-16(19)13-6-8-20-11(13)2/h4-5,9,11,13H,3,6-8H2,1-2H3. The van der Waals surface area contributed by atoms with Gasteiger partial charge in [-0.25, -0.2) is 4.98 Å². The van der Waals surface area contributed by atoms with Gasteiger partial charge in [-0.15, -0.1) is 0 Å². The molecule has 1 aromatic heterocycles. The highest BCUT2D eigenvalue weighted by Gasteiger charge is 2.30. The first-order valence-electron chi connectivity index (χ1n) is 7.26. The van der Waals surface area contributed by atoms with Gasteiger partial charge in [0.25, 0.3) is 0 Å². The van der Waals surface area contributed by atoms with Crippen LogP contribution in [0.4, 0.5) is 0 Å². The van der Waals surface area contributed by atoms with Crippen molar-refractivity contribution in [3.63, 3.8) is 0 Å². The number of ether oxygens (including phenoxy) is 1. The molecule has 0 bridgehead atoms. The van der Waals surface area contributed by atoms with Gasteiger partial charge in [-0.05, 0) is 38.0 Å². The molecule has 2 atom stereocenters. The molecular formula is C16H19N3O. The van der Waals surface area contributed by atoms with E-state index in [-0.39, 0.29) is 6.10 Å². The Morgan fingerprint density at radius 1 is 1.50 bits per heavy atom. The molecule has 4 heteroatoms. The van der Waals surface area contributed by atoms with Crippen molar-refractivity contribution in [1.29, 1.82) is 5.26 Å². The van der Waals surface area contributed by atoms with Crippen LogP contribution in [0.15, 0.2) is 18.2 Å². The molecule has 1 fully saturated rings. The Hall–Kier alpha value is -1.86. The molecule has 0 aliphatic carbocycles. The van der Waals surface area contributed by atoms with E-state index in [4.69, 9.17) is 15.0 Å². The molecule has 4 nitrogen and oxygen atoms in total. The van der Waals surface area contributed by atoms with Gasteiger partial charge in [0.15, 0.2) is 0 Å².